The molecular formula is C13H17N3O. The van der Waals surface area contributed by atoms with Crippen LogP contribution in [0.5, 0.6) is 0 Å². The van der Waals surface area contributed by atoms with Gasteiger partial charge in [0.25, 0.3) is 5.91 Å². The summed E-state index contributed by atoms with van der Waals surface area (Å²) >= 11 is 0. The summed E-state index contributed by atoms with van der Waals surface area (Å²) in [6.45, 7) is 4.84. The minimum absolute atomic E-state index is 0.0414. The quantitative estimate of drug-likeness (QED) is 0.805. The summed E-state index contributed by atoms with van der Waals surface area (Å²) < 4.78 is 0. The molecule has 0 aliphatic heterocycles. The first-order chi connectivity index (χ1) is 8.10. The first-order valence-corrected chi connectivity index (χ1v) is 5.62. The van der Waals surface area contributed by atoms with Crippen LogP contribution in [0, 0.1) is 18.3 Å². The summed E-state index contributed by atoms with van der Waals surface area (Å²) in [5, 5.41) is 8.55. The van der Waals surface area contributed by atoms with Gasteiger partial charge in [0.05, 0.1) is 12.5 Å². The van der Waals surface area contributed by atoms with Gasteiger partial charge in [0.15, 0.2) is 0 Å². The number of aryl methyl sites for hydroxylation is 1. The highest BCUT2D eigenvalue weighted by Crippen LogP contribution is 2.14. The van der Waals surface area contributed by atoms with E-state index < -0.39 is 0 Å². The van der Waals surface area contributed by atoms with Crippen molar-refractivity contribution < 1.29 is 4.79 Å². The molecule has 17 heavy (non-hydrogen) atoms. The molecule has 0 spiro atoms. The summed E-state index contributed by atoms with van der Waals surface area (Å²) in [7, 11) is 0. The number of carbonyl (C=O) groups excluding carboxylic acids is 1. The van der Waals surface area contributed by atoms with Crippen LogP contribution in [0.4, 0.5) is 5.69 Å². The van der Waals surface area contributed by atoms with Gasteiger partial charge in [0, 0.05) is 24.3 Å². The van der Waals surface area contributed by atoms with Crippen molar-refractivity contribution in [2.75, 3.05) is 18.8 Å². The fourth-order valence-corrected chi connectivity index (χ4v) is 1.69. The Labute approximate surface area is 102 Å². The van der Waals surface area contributed by atoms with Gasteiger partial charge in [0.1, 0.15) is 0 Å². The molecule has 0 heterocycles. The molecule has 0 radical (unpaired) electrons. The second-order valence-corrected chi connectivity index (χ2v) is 3.87. The average molecular weight is 231 g/mol. The molecule has 0 bridgehead atoms. The van der Waals surface area contributed by atoms with Crippen molar-refractivity contribution in [3.8, 4) is 6.07 Å². The lowest BCUT2D eigenvalue weighted by Crippen LogP contribution is -2.32. The molecule has 0 saturated heterocycles. The van der Waals surface area contributed by atoms with Gasteiger partial charge in [-0.1, -0.05) is 0 Å². The van der Waals surface area contributed by atoms with E-state index in [1.807, 2.05) is 19.9 Å². The highest BCUT2D eigenvalue weighted by molar-refractivity contribution is 5.96. The SMILES string of the molecule is CCN(CCC#N)C(=O)c1ccc(N)cc1C. The number of amides is 1. The number of rotatable bonds is 4. The summed E-state index contributed by atoms with van der Waals surface area (Å²) in [5.41, 5.74) is 7.82. The van der Waals surface area contributed by atoms with E-state index in [9.17, 15) is 4.79 Å². The van der Waals surface area contributed by atoms with Crippen LogP contribution >= 0.6 is 0 Å². The van der Waals surface area contributed by atoms with E-state index in [2.05, 4.69) is 0 Å². The number of anilines is 1. The molecule has 90 valence electrons. The molecule has 2 N–H and O–H groups in total. The van der Waals surface area contributed by atoms with E-state index in [0.717, 1.165) is 5.56 Å². The highest BCUT2D eigenvalue weighted by atomic mass is 16.2. The van der Waals surface area contributed by atoms with E-state index in [1.54, 1.807) is 23.1 Å². The Kier molecular flexibility index (Phi) is 4.53. The molecule has 1 aromatic rings. The zero-order valence-corrected chi connectivity index (χ0v) is 10.2. The van der Waals surface area contributed by atoms with Crippen LogP contribution in [0.25, 0.3) is 0 Å². The normalized spacial score (nSPS) is 9.71. The van der Waals surface area contributed by atoms with Crippen LogP contribution in [-0.4, -0.2) is 23.9 Å². The second-order valence-electron chi connectivity index (χ2n) is 3.87. The van der Waals surface area contributed by atoms with Gasteiger partial charge in [0.2, 0.25) is 0 Å². The summed E-state index contributed by atoms with van der Waals surface area (Å²) in [4.78, 5) is 13.9. The zero-order chi connectivity index (χ0) is 12.8. The molecule has 0 atom stereocenters. The van der Waals surface area contributed by atoms with Crippen LogP contribution in [0.1, 0.15) is 29.3 Å². The first-order valence-electron chi connectivity index (χ1n) is 5.62. The lowest BCUT2D eigenvalue weighted by atomic mass is 10.1. The molecular weight excluding hydrogens is 214 g/mol. The van der Waals surface area contributed by atoms with Crippen molar-refractivity contribution in [3.05, 3.63) is 29.3 Å². The summed E-state index contributed by atoms with van der Waals surface area (Å²) in [5.74, 6) is -0.0414. The molecule has 0 fully saturated rings. The molecule has 1 aromatic carbocycles. The molecule has 1 rings (SSSR count). The lowest BCUT2D eigenvalue weighted by molar-refractivity contribution is 0.0767. The Balaban J connectivity index is 2.90. The third-order valence-electron chi connectivity index (χ3n) is 2.64. The molecule has 4 heteroatoms. The monoisotopic (exact) mass is 231 g/mol. The van der Waals surface area contributed by atoms with Gasteiger partial charge < -0.3 is 10.6 Å². The Hall–Kier alpha value is -2.02. The number of nitrogen functional groups attached to an aromatic ring is 1. The van der Waals surface area contributed by atoms with Crippen LogP contribution < -0.4 is 5.73 Å². The molecule has 0 aromatic heterocycles. The smallest absolute Gasteiger partial charge is 0.254 e. The maximum Gasteiger partial charge on any atom is 0.254 e. The first kappa shape index (κ1) is 13.0. The Morgan fingerprint density at radius 1 is 1.53 bits per heavy atom. The van der Waals surface area contributed by atoms with Crippen LogP contribution in [-0.2, 0) is 0 Å². The van der Waals surface area contributed by atoms with Gasteiger partial charge in [-0.2, -0.15) is 5.26 Å². The maximum absolute atomic E-state index is 12.2. The highest BCUT2D eigenvalue weighted by Gasteiger charge is 2.15. The maximum atomic E-state index is 12.2. The van der Waals surface area contributed by atoms with Crippen LogP contribution in [0.2, 0.25) is 0 Å². The summed E-state index contributed by atoms with van der Waals surface area (Å²) in [6.07, 6.45) is 0.355. The number of carbonyl (C=O) groups is 1. The molecule has 1 amide bonds. The minimum Gasteiger partial charge on any atom is -0.399 e. The Morgan fingerprint density at radius 2 is 2.24 bits per heavy atom. The fourth-order valence-electron chi connectivity index (χ4n) is 1.69. The molecule has 0 saturated carbocycles. The number of nitriles is 1. The predicted molar refractivity (Wildman–Crippen MR) is 67.4 cm³/mol. The predicted octanol–water partition coefficient (Wildman–Crippen LogP) is 1.95. The fraction of sp³-hybridized carbons (Fsp3) is 0.385. The number of benzene rings is 1. The van der Waals surface area contributed by atoms with Crippen molar-refractivity contribution in [2.24, 2.45) is 0 Å². The number of hydrogen-bond donors (Lipinski definition) is 1. The van der Waals surface area contributed by atoms with Gasteiger partial charge in [-0.3, -0.25) is 4.79 Å². The van der Waals surface area contributed by atoms with Gasteiger partial charge in [-0.15, -0.1) is 0 Å². The van der Waals surface area contributed by atoms with Gasteiger partial charge >= 0.3 is 0 Å². The molecule has 4 nitrogen and oxygen atoms in total. The van der Waals surface area contributed by atoms with E-state index in [1.165, 1.54) is 0 Å². The Bertz CT molecular complexity index is 448. The van der Waals surface area contributed by atoms with Crippen molar-refractivity contribution >= 4 is 11.6 Å². The number of nitrogens with zero attached hydrogens (tertiary/aromatic N) is 2. The van der Waals surface area contributed by atoms with Crippen LogP contribution in [0.15, 0.2) is 18.2 Å². The van der Waals surface area contributed by atoms with E-state index in [-0.39, 0.29) is 5.91 Å². The number of nitrogens with two attached hydrogens (primary N) is 1. The van der Waals surface area contributed by atoms with Crippen LogP contribution in [0.3, 0.4) is 0 Å². The zero-order valence-electron chi connectivity index (χ0n) is 10.2. The molecule has 0 aliphatic carbocycles. The van der Waals surface area contributed by atoms with E-state index in [0.29, 0.717) is 30.8 Å². The van der Waals surface area contributed by atoms with Crippen molar-refractivity contribution in [2.45, 2.75) is 20.3 Å². The summed E-state index contributed by atoms with van der Waals surface area (Å²) in [6, 6.07) is 7.29. The average Bonchev–Trinajstić information content (AvgIpc) is 2.29. The molecule has 0 unspecified atom stereocenters. The van der Waals surface area contributed by atoms with E-state index >= 15 is 0 Å². The van der Waals surface area contributed by atoms with E-state index in [4.69, 9.17) is 11.0 Å². The van der Waals surface area contributed by atoms with Gasteiger partial charge in [-0.05, 0) is 37.6 Å². The molecule has 0 aliphatic rings. The number of hydrogen-bond acceptors (Lipinski definition) is 3. The lowest BCUT2D eigenvalue weighted by Gasteiger charge is -2.20. The topological polar surface area (TPSA) is 70.1 Å². The third kappa shape index (κ3) is 3.22. The third-order valence-corrected chi connectivity index (χ3v) is 2.64. The van der Waals surface area contributed by atoms with Crippen molar-refractivity contribution in [1.29, 1.82) is 5.26 Å². The minimum atomic E-state index is -0.0414. The van der Waals surface area contributed by atoms with Gasteiger partial charge in [-0.25, -0.2) is 0 Å². The van der Waals surface area contributed by atoms with Crippen molar-refractivity contribution in [3.63, 3.8) is 0 Å². The Morgan fingerprint density at radius 3 is 2.76 bits per heavy atom. The largest absolute Gasteiger partial charge is 0.399 e. The second kappa shape index (κ2) is 5.90. The standard InChI is InChI=1S/C13H17N3O/c1-3-16(8-4-7-14)13(17)12-6-5-11(15)9-10(12)2/h5-6,9H,3-4,8,15H2,1-2H3. The van der Waals surface area contributed by atoms with Crippen molar-refractivity contribution in [1.82, 2.24) is 4.90 Å².